The van der Waals surface area contributed by atoms with Crippen molar-refractivity contribution in [3.05, 3.63) is 52.9 Å². The van der Waals surface area contributed by atoms with Crippen LogP contribution < -0.4 is 20.7 Å². The van der Waals surface area contributed by atoms with Crippen molar-refractivity contribution in [2.75, 3.05) is 33.8 Å². The molecule has 0 bridgehead atoms. The molecule has 0 aliphatic carbocycles. The van der Waals surface area contributed by atoms with Crippen LogP contribution in [0.3, 0.4) is 0 Å². The Morgan fingerprint density at radius 2 is 1.96 bits per heavy atom. The van der Waals surface area contributed by atoms with Crippen LogP contribution in [-0.4, -0.2) is 45.7 Å². The van der Waals surface area contributed by atoms with Crippen LogP contribution in [0.2, 0.25) is 5.02 Å². The number of guanidine groups is 1. The third-order valence-corrected chi connectivity index (χ3v) is 3.97. The molecule has 0 spiro atoms. The van der Waals surface area contributed by atoms with Gasteiger partial charge in [0.05, 0.1) is 13.4 Å². The standard InChI is InChI=1S/C18H23ClN4O3/c1-20-18(23-10-9-21-17(24)16-4-3-11-26-16)22-8-7-13-5-6-14(25-2)12-15(13)19/h3-6,11-12H,7-10H2,1-2H3,(H,21,24)(H2,20,22,23). The van der Waals surface area contributed by atoms with Crippen molar-refractivity contribution in [3.63, 3.8) is 0 Å². The molecule has 1 heterocycles. The lowest BCUT2D eigenvalue weighted by atomic mass is 10.1. The van der Waals surface area contributed by atoms with Gasteiger partial charge in [-0.3, -0.25) is 9.79 Å². The largest absolute Gasteiger partial charge is 0.497 e. The van der Waals surface area contributed by atoms with E-state index in [0.717, 1.165) is 17.7 Å². The smallest absolute Gasteiger partial charge is 0.287 e. The van der Waals surface area contributed by atoms with Gasteiger partial charge in [-0.05, 0) is 36.2 Å². The van der Waals surface area contributed by atoms with E-state index < -0.39 is 0 Å². The summed E-state index contributed by atoms with van der Waals surface area (Å²) in [6, 6.07) is 8.92. The van der Waals surface area contributed by atoms with E-state index in [0.29, 0.717) is 36.4 Å². The van der Waals surface area contributed by atoms with Gasteiger partial charge in [-0.2, -0.15) is 0 Å². The van der Waals surface area contributed by atoms with E-state index in [-0.39, 0.29) is 5.91 Å². The fraction of sp³-hybridized carbons (Fsp3) is 0.333. The number of hydrogen-bond donors (Lipinski definition) is 3. The summed E-state index contributed by atoms with van der Waals surface area (Å²) < 4.78 is 10.2. The summed E-state index contributed by atoms with van der Waals surface area (Å²) in [6.07, 6.45) is 2.22. The van der Waals surface area contributed by atoms with Gasteiger partial charge < -0.3 is 25.1 Å². The minimum absolute atomic E-state index is 0.242. The Hall–Kier alpha value is -2.67. The Morgan fingerprint density at radius 3 is 2.62 bits per heavy atom. The third kappa shape index (κ3) is 6.00. The van der Waals surface area contributed by atoms with Gasteiger partial charge in [0, 0.05) is 31.7 Å². The summed E-state index contributed by atoms with van der Waals surface area (Å²) in [5, 5.41) is 9.77. The lowest BCUT2D eigenvalue weighted by Crippen LogP contribution is -2.42. The van der Waals surface area contributed by atoms with Crippen LogP contribution >= 0.6 is 11.6 Å². The lowest BCUT2D eigenvalue weighted by Gasteiger charge is -2.13. The molecule has 0 radical (unpaired) electrons. The maximum atomic E-state index is 11.7. The van der Waals surface area contributed by atoms with Gasteiger partial charge >= 0.3 is 0 Å². The van der Waals surface area contributed by atoms with E-state index >= 15 is 0 Å². The number of hydrogen-bond acceptors (Lipinski definition) is 4. The van der Waals surface area contributed by atoms with Gasteiger partial charge in [0.15, 0.2) is 11.7 Å². The average Bonchev–Trinajstić information content (AvgIpc) is 3.19. The molecule has 2 rings (SSSR count). The summed E-state index contributed by atoms with van der Waals surface area (Å²) in [6.45, 7) is 1.66. The van der Waals surface area contributed by atoms with Crippen LogP contribution in [0.15, 0.2) is 46.0 Å². The molecule has 26 heavy (non-hydrogen) atoms. The number of carbonyl (C=O) groups is 1. The molecule has 0 saturated carbocycles. The highest BCUT2D eigenvalue weighted by Crippen LogP contribution is 2.22. The molecule has 140 valence electrons. The molecular weight excluding hydrogens is 356 g/mol. The van der Waals surface area contributed by atoms with Gasteiger partial charge in [0.25, 0.3) is 5.91 Å². The molecule has 1 amide bonds. The normalized spacial score (nSPS) is 11.1. The number of amides is 1. The number of carbonyl (C=O) groups excluding carboxylic acids is 1. The molecule has 7 nitrogen and oxygen atoms in total. The van der Waals surface area contributed by atoms with Crippen LogP contribution in [0.4, 0.5) is 0 Å². The predicted octanol–water partition coefficient (Wildman–Crippen LogP) is 2.08. The fourth-order valence-electron chi connectivity index (χ4n) is 2.25. The maximum Gasteiger partial charge on any atom is 0.287 e. The fourth-order valence-corrected chi connectivity index (χ4v) is 2.51. The van der Waals surface area contributed by atoms with Crippen molar-refractivity contribution in [2.45, 2.75) is 6.42 Å². The molecule has 0 unspecified atom stereocenters. The highest BCUT2D eigenvalue weighted by Gasteiger charge is 2.07. The monoisotopic (exact) mass is 378 g/mol. The van der Waals surface area contributed by atoms with E-state index in [1.807, 2.05) is 12.1 Å². The Kier molecular flexibility index (Phi) is 7.82. The van der Waals surface area contributed by atoms with E-state index in [4.69, 9.17) is 20.8 Å². The number of benzene rings is 1. The molecular formula is C18H23ClN4O3. The van der Waals surface area contributed by atoms with Gasteiger partial charge in [0.1, 0.15) is 5.75 Å². The number of rotatable bonds is 8. The van der Waals surface area contributed by atoms with E-state index in [1.165, 1.54) is 6.26 Å². The van der Waals surface area contributed by atoms with Gasteiger partial charge in [-0.15, -0.1) is 0 Å². The first-order chi connectivity index (χ1) is 12.6. The minimum atomic E-state index is -0.242. The molecule has 3 N–H and O–H groups in total. The summed E-state index contributed by atoms with van der Waals surface area (Å²) in [5.41, 5.74) is 1.03. The first-order valence-electron chi connectivity index (χ1n) is 8.22. The second kappa shape index (κ2) is 10.4. The van der Waals surface area contributed by atoms with Gasteiger partial charge in [-0.25, -0.2) is 0 Å². The summed E-state index contributed by atoms with van der Waals surface area (Å²) in [4.78, 5) is 15.9. The maximum absolute atomic E-state index is 11.7. The van der Waals surface area contributed by atoms with Crippen LogP contribution in [0.25, 0.3) is 0 Å². The molecule has 0 fully saturated rings. The van der Waals surface area contributed by atoms with Crippen LogP contribution in [0.1, 0.15) is 16.1 Å². The van der Waals surface area contributed by atoms with E-state index in [1.54, 1.807) is 32.4 Å². The number of furan rings is 1. The molecule has 0 aliphatic heterocycles. The van der Waals surface area contributed by atoms with E-state index in [2.05, 4.69) is 20.9 Å². The molecule has 1 aromatic heterocycles. The van der Waals surface area contributed by atoms with Crippen molar-refractivity contribution in [1.82, 2.24) is 16.0 Å². The minimum Gasteiger partial charge on any atom is -0.497 e. The Morgan fingerprint density at radius 1 is 1.19 bits per heavy atom. The number of nitrogens with one attached hydrogen (secondary N) is 3. The van der Waals surface area contributed by atoms with Gasteiger partial charge in [0.2, 0.25) is 0 Å². The molecule has 1 aromatic carbocycles. The van der Waals surface area contributed by atoms with E-state index in [9.17, 15) is 4.79 Å². The van der Waals surface area contributed by atoms with Gasteiger partial charge in [-0.1, -0.05) is 17.7 Å². The Balaban J connectivity index is 1.67. The molecule has 0 aliphatic rings. The van der Waals surface area contributed by atoms with Crippen molar-refractivity contribution in [1.29, 1.82) is 0 Å². The zero-order valence-corrected chi connectivity index (χ0v) is 15.6. The number of ether oxygens (including phenoxy) is 1. The Labute approximate surface area is 157 Å². The molecule has 0 atom stereocenters. The summed E-state index contributed by atoms with van der Waals surface area (Å²) in [5.74, 6) is 1.44. The lowest BCUT2D eigenvalue weighted by molar-refractivity contribution is 0.0926. The van der Waals surface area contributed by atoms with Crippen molar-refractivity contribution >= 4 is 23.5 Å². The first-order valence-corrected chi connectivity index (χ1v) is 8.60. The molecule has 2 aromatic rings. The zero-order chi connectivity index (χ0) is 18.8. The van der Waals surface area contributed by atoms with Crippen molar-refractivity contribution in [2.24, 2.45) is 4.99 Å². The SMILES string of the molecule is CN=C(NCCNC(=O)c1ccco1)NCCc1ccc(OC)cc1Cl. The number of methoxy groups -OCH3 is 1. The highest BCUT2D eigenvalue weighted by molar-refractivity contribution is 6.31. The first kappa shape index (κ1) is 19.7. The zero-order valence-electron chi connectivity index (χ0n) is 14.8. The average molecular weight is 379 g/mol. The topological polar surface area (TPSA) is 87.9 Å². The summed E-state index contributed by atoms with van der Waals surface area (Å²) >= 11 is 6.23. The number of nitrogens with zero attached hydrogens (tertiary/aromatic N) is 1. The van der Waals surface area contributed by atoms with Crippen molar-refractivity contribution in [3.8, 4) is 5.75 Å². The Bertz CT molecular complexity index is 732. The van der Waals surface area contributed by atoms with Crippen LogP contribution in [0.5, 0.6) is 5.75 Å². The van der Waals surface area contributed by atoms with Crippen molar-refractivity contribution < 1.29 is 13.9 Å². The summed E-state index contributed by atoms with van der Waals surface area (Å²) in [7, 11) is 3.30. The quantitative estimate of drug-likeness (QED) is 0.372. The number of aliphatic imine (C=N–C) groups is 1. The third-order valence-electron chi connectivity index (χ3n) is 3.62. The predicted molar refractivity (Wildman–Crippen MR) is 102 cm³/mol. The molecule has 0 saturated heterocycles. The van der Waals surface area contributed by atoms with Crippen LogP contribution in [0, 0.1) is 0 Å². The number of halogens is 1. The highest BCUT2D eigenvalue weighted by atomic mass is 35.5. The second-order valence-electron chi connectivity index (χ2n) is 5.37. The van der Waals surface area contributed by atoms with Crippen LogP contribution in [-0.2, 0) is 6.42 Å². The molecule has 8 heteroatoms. The second-order valence-corrected chi connectivity index (χ2v) is 5.77.